The summed E-state index contributed by atoms with van der Waals surface area (Å²) in [6.45, 7) is 16.2. The quantitative estimate of drug-likeness (QED) is 0.398. The van der Waals surface area contributed by atoms with E-state index >= 15 is 0 Å². The van der Waals surface area contributed by atoms with Gasteiger partial charge in [-0.1, -0.05) is 11.6 Å². The van der Waals surface area contributed by atoms with Crippen molar-refractivity contribution in [1.82, 2.24) is 19.6 Å². The summed E-state index contributed by atoms with van der Waals surface area (Å²) >= 11 is 10.2. The number of nitrogens with zero attached hydrogens (tertiary/aromatic N) is 4. The molecule has 11 heteroatoms. The fourth-order valence-electron chi connectivity index (χ4n) is 5.11. The Labute approximate surface area is 234 Å². The SMILES string of the molecule is CC1CN(C(=O)OC(C)(C)C)[C@H](C)CN1C(=N)c1cc(Cl)c(Br)c2c1N[C@H](CN1CCN(C)CC1)CO2. The van der Waals surface area contributed by atoms with Gasteiger partial charge < -0.3 is 29.5 Å². The zero-order valence-electron chi connectivity index (χ0n) is 22.7. The summed E-state index contributed by atoms with van der Waals surface area (Å²) < 4.78 is 12.5. The van der Waals surface area contributed by atoms with Crippen LogP contribution in [0, 0.1) is 5.41 Å². The van der Waals surface area contributed by atoms with E-state index in [2.05, 4.69) is 38.1 Å². The molecule has 0 spiro atoms. The second kappa shape index (κ2) is 11.2. The molecule has 0 aromatic heterocycles. The third-order valence-corrected chi connectivity index (χ3v) is 8.50. The molecule has 3 atom stereocenters. The summed E-state index contributed by atoms with van der Waals surface area (Å²) in [5, 5.41) is 13.4. The zero-order chi connectivity index (χ0) is 27.1. The van der Waals surface area contributed by atoms with E-state index < -0.39 is 5.60 Å². The second-order valence-electron chi connectivity index (χ2n) is 11.5. The van der Waals surface area contributed by atoms with Gasteiger partial charge in [-0.25, -0.2) is 4.79 Å². The topological polar surface area (TPSA) is 84.4 Å². The fourth-order valence-corrected chi connectivity index (χ4v) is 5.73. The van der Waals surface area contributed by atoms with Crippen LogP contribution >= 0.6 is 27.5 Å². The van der Waals surface area contributed by atoms with E-state index in [9.17, 15) is 10.2 Å². The molecule has 2 fully saturated rings. The standard InChI is InChI=1S/C26H40BrClN6O3/c1-16-13-34(25(35)37-26(3,4)5)17(2)12-33(16)24(29)19-11-20(28)21(27)23-22(19)30-18(15-36-23)14-32-9-7-31(6)8-10-32/h11,16-18,29-30H,7-10,12-15H2,1-6H3/t16?,17-,18-/m1/s1. The van der Waals surface area contributed by atoms with Crippen LogP contribution in [0.5, 0.6) is 5.75 Å². The van der Waals surface area contributed by atoms with Crippen molar-refractivity contribution in [3.05, 3.63) is 21.1 Å². The van der Waals surface area contributed by atoms with Crippen LogP contribution in [0.1, 0.15) is 40.2 Å². The highest BCUT2D eigenvalue weighted by molar-refractivity contribution is 9.10. The van der Waals surface area contributed by atoms with Gasteiger partial charge in [0.15, 0.2) is 5.75 Å². The van der Waals surface area contributed by atoms with Crippen LogP contribution in [0.2, 0.25) is 5.02 Å². The van der Waals surface area contributed by atoms with Gasteiger partial charge in [0.25, 0.3) is 0 Å². The van der Waals surface area contributed by atoms with Crippen LogP contribution in [0.25, 0.3) is 0 Å². The van der Waals surface area contributed by atoms with Crippen LogP contribution in [0.4, 0.5) is 10.5 Å². The number of likely N-dealkylation sites (N-methyl/N-ethyl adjacent to an activating group) is 1. The number of hydrogen-bond acceptors (Lipinski definition) is 7. The van der Waals surface area contributed by atoms with Gasteiger partial charge in [-0.3, -0.25) is 10.3 Å². The number of nitrogens with one attached hydrogen (secondary N) is 2. The number of anilines is 1. The van der Waals surface area contributed by atoms with Crippen LogP contribution in [0.3, 0.4) is 0 Å². The molecule has 0 saturated carbocycles. The van der Waals surface area contributed by atoms with Gasteiger partial charge in [0, 0.05) is 63.5 Å². The van der Waals surface area contributed by atoms with E-state index in [1.165, 1.54) is 0 Å². The summed E-state index contributed by atoms with van der Waals surface area (Å²) in [7, 11) is 2.16. The van der Waals surface area contributed by atoms with Gasteiger partial charge in [0.1, 0.15) is 18.0 Å². The first-order valence-electron chi connectivity index (χ1n) is 13.0. The van der Waals surface area contributed by atoms with E-state index in [4.69, 9.17) is 21.1 Å². The molecule has 1 aromatic carbocycles. The van der Waals surface area contributed by atoms with Crippen molar-refractivity contribution in [3.8, 4) is 5.75 Å². The molecule has 3 aliphatic rings. The Morgan fingerprint density at radius 3 is 2.46 bits per heavy atom. The molecule has 1 amide bonds. The summed E-state index contributed by atoms with van der Waals surface area (Å²) in [6.07, 6.45) is -0.316. The number of ether oxygens (including phenoxy) is 2. The van der Waals surface area contributed by atoms with Crippen molar-refractivity contribution in [2.45, 2.75) is 58.3 Å². The lowest BCUT2D eigenvalue weighted by atomic mass is 10.0. The number of amides is 1. The van der Waals surface area contributed by atoms with Gasteiger partial charge in [-0.05, 0) is 63.7 Å². The lowest BCUT2D eigenvalue weighted by Gasteiger charge is -2.45. The van der Waals surface area contributed by atoms with Crippen molar-refractivity contribution >= 4 is 45.1 Å². The third-order valence-electron chi connectivity index (χ3n) is 7.18. The number of halogens is 2. The molecule has 206 valence electrons. The minimum Gasteiger partial charge on any atom is -0.488 e. The Morgan fingerprint density at radius 1 is 1.19 bits per heavy atom. The van der Waals surface area contributed by atoms with Gasteiger partial charge in [-0.2, -0.15) is 0 Å². The molecule has 37 heavy (non-hydrogen) atoms. The Hall–Kier alpha value is -1.75. The number of amidine groups is 1. The van der Waals surface area contributed by atoms with E-state index in [0.717, 1.165) is 38.4 Å². The summed E-state index contributed by atoms with van der Waals surface area (Å²) in [4.78, 5) is 21.4. The Kier molecular flexibility index (Phi) is 8.52. The summed E-state index contributed by atoms with van der Waals surface area (Å²) in [6, 6.07) is 1.76. The molecule has 3 aliphatic heterocycles. The third kappa shape index (κ3) is 6.46. The highest BCUT2D eigenvalue weighted by Gasteiger charge is 2.37. The van der Waals surface area contributed by atoms with E-state index in [1.54, 1.807) is 4.90 Å². The van der Waals surface area contributed by atoms with Crippen molar-refractivity contribution < 1.29 is 14.3 Å². The minimum atomic E-state index is -0.552. The molecule has 4 rings (SSSR count). The average Bonchev–Trinajstić information content (AvgIpc) is 2.82. The number of rotatable bonds is 3. The van der Waals surface area contributed by atoms with E-state index in [1.807, 2.05) is 45.6 Å². The second-order valence-corrected chi connectivity index (χ2v) is 12.7. The lowest BCUT2D eigenvalue weighted by molar-refractivity contribution is 0.000411. The van der Waals surface area contributed by atoms with Crippen LogP contribution in [0.15, 0.2) is 10.5 Å². The maximum atomic E-state index is 12.8. The molecule has 3 heterocycles. The molecular formula is C26H40BrClN6O3. The number of benzene rings is 1. The predicted octanol–water partition coefficient (Wildman–Crippen LogP) is 4.18. The molecule has 2 saturated heterocycles. The number of fused-ring (bicyclic) bond motifs is 1. The largest absolute Gasteiger partial charge is 0.488 e. The van der Waals surface area contributed by atoms with Crippen molar-refractivity contribution in [1.29, 1.82) is 5.41 Å². The van der Waals surface area contributed by atoms with E-state index in [-0.39, 0.29) is 24.2 Å². The zero-order valence-corrected chi connectivity index (χ0v) is 25.1. The first-order valence-corrected chi connectivity index (χ1v) is 14.2. The average molecular weight is 600 g/mol. The van der Waals surface area contributed by atoms with Gasteiger partial charge in [0.05, 0.1) is 21.2 Å². The summed E-state index contributed by atoms with van der Waals surface area (Å²) in [5.74, 6) is 1.01. The van der Waals surface area contributed by atoms with Gasteiger partial charge in [-0.15, -0.1) is 0 Å². The first kappa shape index (κ1) is 28.3. The maximum Gasteiger partial charge on any atom is 0.410 e. The summed E-state index contributed by atoms with van der Waals surface area (Å²) in [5.41, 5.74) is 0.945. The van der Waals surface area contributed by atoms with Crippen molar-refractivity contribution in [2.75, 3.05) is 64.8 Å². The monoisotopic (exact) mass is 598 g/mol. The molecular weight excluding hydrogens is 560 g/mol. The molecule has 1 aromatic rings. The molecule has 0 aliphatic carbocycles. The Bertz CT molecular complexity index is 1030. The molecule has 9 nitrogen and oxygen atoms in total. The molecule has 0 radical (unpaired) electrons. The maximum absolute atomic E-state index is 12.8. The Morgan fingerprint density at radius 2 is 1.81 bits per heavy atom. The number of hydrogen-bond donors (Lipinski definition) is 2. The minimum absolute atomic E-state index is 0.0695. The Balaban J connectivity index is 1.52. The highest BCUT2D eigenvalue weighted by Crippen LogP contribution is 2.44. The predicted molar refractivity (Wildman–Crippen MR) is 151 cm³/mol. The lowest BCUT2D eigenvalue weighted by Crippen LogP contribution is -2.60. The van der Waals surface area contributed by atoms with Gasteiger partial charge >= 0.3 is 6.09 Å². The smallest absolute Gasteiger partial charge is 0.410 e. The van der Waals surface area contributed by atoms with Crippen molar-refractivity contribution in [3.63, 3.8) is 0 Å². The van der Waals surface area contributed by atoms with Crippen LogP contribution in [-0.4, -0.2) is 115 Å². The van der Waals surface area contributed by atoms with Crippen molar-refractivity contribution in [2.24, 2.45) is 0 Å². The molecule has 1 unspecified atom stereocenters. The molecule has 0 bridgehead atoms. The van der Waals surface area contributed by atoms with E-state index in [0.29, 0.717) is 46.3 Å². The normalized spacial score (nSPS) is 25.2. The highest BCUT2D eigenvalue weighted by atomic mass is 79.9. The molecule has 2 N–H and O–H groups in total. The number of piperazine rings is 2. The number of carbonyl (C=O) groups excluding carboxylic acids is 1. The number of carbonyl (C=O) groups is 1. The van der Waals surface area contributed by atoms with Crippen LogP contribution in [-0.2, 0) is 4.74 Å². The van der Waals surface area contributed by atoms with Gasteiger partial charge in [0.2, 0.25) is 0 Å². The fraction of sp³-hybridized carbons (Fsp3) is 0.692. The first-order chi connectivity index (χ1) is 17.3. The van der Waals surface area contributed by atoms with Crippen LogP contribution < -0.4 is 10.1 Å².